The summed E-state index contributed by atoms with van der Waals surface area (Å²) in [5.41, 5.74) is 4.25. The van der Waals surface area contributed by atoms with Crippen molar-refractivity contribution in [3.05, 3.63) is 53.1 Å². The van der Waals surface area contributed by atoms with E-state index in [2.05, 4.69) is 5.16 Å². The topological polar surface area (TPSA) is 77.4 Å². The van der Waals surface area contributed by atoms with Crippen LogP contribution in [0, 0.1) is 43.4 Å². The zero-order chi connectivity index (χ0) is 23.0. The number of carbonyl (C=O) groups is 2. The van der Waals surface area contributed by atoms with E-state index in [1.54, 1.807) is 14.2 Å². The first-order valence-electron chi connectivity index (χ1n) is 11.4. The molecule has 0 radical (unpaired) electrons. The molecule has 0 spiro atoms. The predicted molar refractivity (Wildman–Crippen MR) is 121 cm³/mol. The van der Waals surface area contributed by atoms with Gasteiger partial charge in [0.15, 0.2) is 0 Å². The number of aryl methyl sites for hydroxylation is 2. The third-order valence-corrected chi connectivity index (χ3v) is 8.04. The molecule has 2 aliphatic carbocycles. The summed E-state index contributed by atoms with van der Waals surface area (Å²) in [5.74, 6) is 0.476. The molecule has 7 nitrogen and oxygen atoms in total. The van der Waals surface area contributed by atoms with Gasteiger partial charge in [0.05, 0.1) is 37.5 Å². The Hall–Kier alpha value is -3.35. The predicted octanol–water partition coefficient (Wildman–Crippen LogP) is 3.50. The Morgan fingerprint density at radius 2 is 1.64 bits per heavy atom. The van der Waals surface area contributed by atoms with E-state index in [1.165, 1.54) is 4.90 Å². The van der Waals surface area contributed by atoms with E-state index in [4.69, 9.17) is 14.3 Å². The van der Waals surface area contributed by atoms with Gasteiger partial charge in [-0.15, -0.1) is 0 Å². The van der Waals surface area contributed by atoms with Crippen molar-refractivity contribution in [3.8, 4) is 11.5 Å². The highest BCUT2D eigenvalue weighted by atomic mass is 16.6. The third kappa shape index (κ3) is 2.59. The number of nitrogens with zero attached hydrogens (tertiary/aromatic N) is 2. The van der Waals surface area contributed by atoms with Gasteiger partial charge in [0, 0.05) is 23.5 Å². The summed E-state index contributed by atoms with van der Waals surface area (Å²) in [6.45, 7) is 3.90. The number of imide groups is 1. The second-order valence-electron chi connectivity index (χ2n) is 9.51. The largest absolute Gasteiger partial charge is 0.497 e. The van der Waals surface area contributed by atoms with Crippen LogP contribution in [-0.4, -0.2) is 37.8 Å². The lowest BCUT2D eigenvalue weighted by Crippen LogP contribution is -2.41. The maximum atomic E-state index is 13.7. The number of hydrogen-bond donors (Lipinski definition) is 0. The fourth-order valence-electron chi connectivity index (χ4n) is 6.74. The average molecular weight is 447 g/mol. The number of para-hydroxylation sites is 1. The van der Waals surface area contributed by atoms with Crippen molar-refractivity contribution < 1.29 is 23.9 Å². The van der Waals surface area contributed by atoms with Crippen molar-refractivity contribution in [1.82, 2.24) is 0 Å². The molecule has 7 heteroatoms. The van der Waals surface area contributed by atoms with E-state index in [-0.39, 0.29) is 47.5 Å². The fraction of sp³-hybridized carbons (Fsp3) is 0.423. The zero-order valence-corrected chi connectivity index (χ0v) is 19.1. The summed E-state index contributed by atoms with van der Waals surface area (Å²) in [4.78, 5) is 34.7. The lowest BCUT2D eigenvalue weighted by molar-refractivity contribution is -0.125. The van der Waals surface area contributed by atoms with Crippen LogP contribution in [0.15, 0.2) is 41.6 Å². The number of fused-ring (bicyclic) bond motifs is 8. The highest BCUT2D eigenvalue weighted by Crippen LogP contribution is 2.62. The van der Waals surface area contributed by atoms with E-state index in [9.17, 15) is 9.59 Å². The van der Waals surface area contributed by atoms with Crippen LogP contribution in [0.5, 0.6) is 11.5 Å². The molecule has 0 unspecified atom stereocenters. The molecule has 2 heterocycles. The van der Waals surface area contributed by atoms with Gasteiger partial charge in [-0.25, -0.2) is 4.90 Å². The van der Waals surface area contributed by atoms with Crippen LogP contribution in [0.4, 0.5) is 5.69 Å². The van der Waals surface area contributed by atoms with Gasteiger partial charge in [0.25, 0.3) is 0 Å². The Labute approximate surface area is 192 Å². The van der Waals surface area contributed by atoms with E-state index in [1.807, 2.05) is 50.2 Å². The second kappa shape index (κ2) is 7.07. The SMILES string of the molecule is COc1ccc(C2=NO[C@@H]3[C@H]4C[C@H]([C@@H]23)[C@@H]2C(=O)N(c3c(C)cccc3C)C(=O)[C@@H]42)c(OC)c1. The standard InChI is InChI=1S/C26H26N2O5/c1-12-6-5-7-13(2)23(12)28-25(29)19-16-11-17(20(19)26(28)30)24-21(16)22(27-33-24)15-9-8-14(31-3)10-18(15)32-4/h5-10,16-17,19-21,24H,11H2,1-4H3/t16-,17-,19-,20-,21-,24+/m0/s1. The van der Waals surface area contributed by atoms with Crippen molar-refractivity contribution in [3.63, 3.8) is 0 Å². The first-order valence-corrected chi connectivity index (χ1v) is 11.4. The van der Waals surface area contributed by atoms with Crippen LogP contribution in [0.1, 0.15) is 23.1 Å². The second-order valence-corrected chi connectivity index (χ2v) is 9.51. The number of hydrogen-bond acceptors (Lipinski definition) is 6. The summed E-state index contributed by atoms with van der Waals surface area (Å²) in [6, 6.07) is 11.5. The molecule has 2 saturated carbocycles. The molecule has 1 saturated heterocycles. The molecule has 2 bridgehead atoms. The normalized spacial score (nSPS) is 31.4. The van der Waals surface area contributed by atoms with Crippen molar-refractivity contribution in [2.24, 2.45) is 34.7 Å². The van der Waals surface area contributed by atoms with Gasteiger partial charge >= 0.3 is 0 Å². The summed E-state index contributed by atoms with van der Waals surface area (Å²) in [6.07, 6.45) is 0.618. The fourth-order valence-corrected chi connectivity index (χ4v) is 6.74. The van der Waals surface area contributed by atoms with Crippen molar-refractivity contribution in [2.45, 2.75) is 26.4 Å². The van der Waals surface area contributed by atoms with Gasteiger partial charge in [0.2, 0.25) is 11.8 Å². The lowest BCUT2D eigenvalue weighted by Gasteiger charge is -2.30. The molecule has 2 amide bonds. The number of benzene rings is 2. The quantitative estimate of drug-likeness (QED) is 0.672. The maximum absolute atomic E-state index is 13.7. The van der Waals surface area contributed by atoms with Gasteiger partial charge in [0.1, 0.15) is 17.6 Å². The van der Waals surface area contributed by atoms with Crippen LogP contribution >= 0.6 is 0 Å². The Morgan fingerprint density at radius 3 is 2.30 bits per heavy atom. The van der Waals surface area contributed by atoms with E-state index >= 15 is 0 Å². The molecule has 2 aromatic rings. The van der Waals surface area contributed by atoms with Crippen LogP contribution < -0.4 is 14.4 Å². The third-order valence-electron chi connectivity index (χ3n) is 8.04. The first kappa shape index (κ1) is 20.3. The summed E-state index contributed by atoms with van der Waals surface area (Å²) >= 11 is 0. The van der Waals surface area contributed by atoms with Crippen molar-refractivity contribution in [2.75, 3.05) is 19.1 Å². The summed E-state index contributed by atoms with van der Waals surface area (Å²) in [5, 5.41) is 4.44. The Morgan fingerprint density at radius 1 is 0.939 bits per heavy atom. The highest BCUT2D eigenvalue weighted by Gasteiger charge is 2.70. The number of rotatable bonds is 4. The molecular formula is C26H26N2O5. The number of ether oxygens (including phenoxy) is 2. The van der Waals surface area contributed by atoms with Crippen LogP contribution in [-0.2, 0) is 14.4 Å². The summed E-state index contributed by atoms with van der Waals surface area (Å²) < 4.78 is 10.9. The van der Waals surface area contributed by atoms with Gasteiger partial charge < -0.3 is 14.3 Å². The van der Waals surface area contributed by atoms with Crippen molar-refractivity contribution in [1.29, 1.82) is 0 Å². The number of oxime groups is 1. The van der Waals surface area contributed by atoms with Gasteiger partial charge in [-0.2, -0.15) is 0 Å². The Balaban J connectivity index is 1.37. The zero-order valence-electron chi connectivity index (χ0n) is 19.1. The van der Waals surface area contributed by atoms with Gasteiger partial charge in [-0.05, 0) is 49.4 Å². The molecule has 170 valence electrons. The van der Waals surface area contributed by atoms with Gasteiger partial charge in [-0.3, -0.25) is 9.59 Å². The minimum absolute atomic E-state index is 0.0127. The number of amides is 2. The van der Waals surface area contributed by atoms with Gasteiger partial charge in [-0.1, -0.05) is 23.4 Å². The monoisotopic (exact) mass is 446 g/mol. The Kier molecular flexibility index (Phi) is 4.34. The van der Waals surface area contributed by atoms with Crippen molar-refractivity contribution >= 4 is 23.2 Å². The molecule has 4 aliphatic rings. The smallest absolute Gasteiger partial charge is 0.238 e. The first-order chi connectivity index (χ1) is 16.0. The van der Waals surface area contributed by atoms with E-state index in [0.29, 0.717) is 11.5 Å². The summed E-state index contributed by atoms with van der Waals surface area (Å²) in [7, 11) is 3.23. The molecule has 3 fully saturated rings. The molecular weight excluding hydrogens is 420 g/mol. The van der Waals surface area contributed by atoms with E-state index < -0.39 is 0 Å². The average Bonchev–Trinajstić information content (AvgIpc) is 3.55. The van der Waals surface area contributed by atoms with Crippen LogP contribution in [0.2, 0.25) is 0 Å². The number of carbonyl (C=O) groups excluding carboxylic acids is 2. The molecule has 0 N–H and O–H groups in total. The lowest BCUT2D eigenvalue weighted by atomic mass is 9.71. The molecule has 6 rings (SSSR count). The maximum Gasteiger partial charge on any atom is 0.238 e. The Bertz CT molecular complexity index is 1200. The molecule has 2 aromatic carbocycles. The van der Waals surface area contributed by atoms with Crippen LogP contribution in [0.3, 0.4) is 0 Å². The highest BCUT2D eigenvalue weighted by molar-refractivity contribution is 6.23. The minimum atomic E-state index is -0.338. The van der Waals surface area contributed by atoms with E-state index in [0.717, 1.165) is 34.5 Å². The van der Waals surface area contributed by atoms with Crippen LogP contribution in [0.25, 0.3) is 0 Å². The molecule has 2 aliphatic heterocycles. The molecule has 0 aromatic heterocycles. The molecule has 6 atom stereocenters. The minimum Gasteiger partial charge on any atom is -0.497 e. The number of anilines is 1. The molecule has 33 heavy (non-hydrogen) atoms. The number of methoxy groups -OCH3 is 2.